The highest BCUT2D eigenvalue weighted by Crippen LogP contribution is 2.28. The van der Waals surface area contributed by atoms with E-state index in [1.807, 2.05) is 24.3 Å². The van der Waals surface area contributed by atoms with Crippen molar-refractivity contribution in [2.24, 2.45) is 11.7 Å². The summed E-state index contributed by atoms with van der Waals surface area (Å²) in [6, 6.07) is 9.04. The van der Waals surface area contributed by atoms with Crippen LogP contribution in [0.3, 0.4) is 0 Å². The highest BCUT2D eigenvalue weighted by Gasteiger charge is 2.26. The van der Waals surface area contributed by atoms with Crippen molar-refractivity contribution in [2.75, 3.05) is 11.9 Å². The van der Waals surface area contributed by atoms with E-state index in [2.05, 4.69) is 10.4 Å². The first-order valence-electron chi connectivity index (χ1n) is 8.96. The van der Waals surface area contributed by atoms with Crippen LogP contribution in [0.5, 0.6) is 0 Å². The Morgan fingerprint density at radius 3 is 2.85 bits per heavy atom. The average molecular weight is 356 g/mol. The Labute approximate surface area is 152 Å². The number of para-hydroxylation sites is 2. The lowest BCUT2D eigenvalue weighted by Gasteiger charge is -2.16. The van der Waals surface area contributed by atoms with E-state index < -0.39 is 5.97 Å². The van der Waals surface area contributed by atoms with Crippen molar-refractivity contribution in [1.29, 1.82) is 0 Å². The zero-order valence-electron chi connectivity index (χ0n) is 14.9. The van der Waals surface area contributed by atoms with E-state index in [9.17, 15) is 9.59 Å². The molecule has 1 saturated carbocycles. The Kier molecular flexibility index (Phi) is 5.68. The Morgan fingerprint density at radius 2 is 2.12 bits per heavy atom. The van der Waals surface area contributed by atoms with E-state index in [4.69, 9.17) is 10.5 Å². The van der Waals surface area contributed by atoms with Crippen LogP contribution in [0.25, 0.3) is 5.69 Å². The van der Waals surface area contributed by atoms with Crippen LogP contribution in [0.15, 0.2) is 36.5 Å². The van der Waals surface area contributed by atoms with E-state index in [1.54, 1.807) is 23.9 Å². The predicted octanol–water partition coefficient (Wildman–Crippen LogP) is 2.50. The molecule has 3 rings (SSSR count). The summed E-state index contributed by atoms with van der Waals surface area (Å²) in [5.41, 5.74) is 7.61. The molecule has 7 heteroatoms. The van der Waals surface area contributed by atoms with Gasteiger partial charge in [-0.15, -0.1) is 0 Å². The zero-order chi connectivity index (χ0) is 18.5. The number of nitrogens with one attached hydrogen (secondary N) is 1. The minimum atomic E-state index is -0.469. The van der Waals surface area contributed by atoms with Gasteiger partial charge < -0.3 is 15.8 Å². The molecule has 7 nitrogen and oxygen atoms in total. The predicted molar refractivity (Wildman–Crippen MR) is 98.1 cm³/mol. The maximum atomic E-state index is 12.4. The first kappa shape index (κ1) is 18.1. The number of anilines is 1. The largest absolute Gasteiger partial charge is 0.461 e. The number of hydrogen-bond acceptors (Lipinski definition) is 5. The molecule has 0 saturated heterocycles. The summed E-state index contributed by atoms with van der Waals surface area (Å²) in [7, 11) is 0. The molecule has 0 bridgehead atoms. The van der Waals surface area contributed by atoms with Gasteiger partial charge in [-0.2, -0.15) is 5.10 Å². The molecule has 1 aromatic carbocycles. The topological polar surface area (TPSA) is 99.2 Å². The highest BCUT2D eigenvalue weighted by molar-refractivity contribution is 5.93. The molecule has 0 radical (unpaired) electrons. The van der Waals surface area contributed by atoms with Gasteiger partial charge >= 0.3 is 5.97 Å². The first-order valence-corrected chi connectivity index (χ1v) is 8.96. The van der Waals surface area contributed by atoms with Crippen molar-refractivity contribution < 1.29 is 14.3 Å². The van der Waals surface area contributed by atoms with Gasteiger partial charge in [0, 0.05) is 18.7 Å². The number of carbonyl (C=O) groups is 2. The van der Waals surface area contributed by atoms with Gasteiger partial charge in [-0.25, -0.2) is 9.48 Å². The molecular formula is C19H24N4O3. The zero-order valence-corrected chi connectivity index (χ0v) is 14.9. The Balaban J connectivity index is 1.74. The van der Waals surface area contributed by atoms with Crippen LogP contribution in [0.2, 0.25) is 0 Å². The molecule has 2 aromatic rings. The Morgan fingerprint density at radius 1 is 1.31 bits per heavy atom. The van der Waals surface area contributed by atoms with Gasteiger partial charge in [-0.3, -0.25) is 4.79 Å². The van der Waals surface area contributed by atoms with E-state index in [-0.39, 0.29) is 23.6 Å². The normalized spacial score (nSPS) is 19.3. The molecule has 1 heterocycles. The number of nitrogens with zero attached hydrogens (tertiary/aromatic N) is 2. The van der Waals surface area contributed by atoms with Crippen molar-refractivity contribution in [3.05, 3.63) is 42.2 Å². The van der Waals surface area contributed by atoms with Crippen LogP contribution >= 0.6 is 0 Å². The number of carbonyl (C=O) groups excluding carboxylic acids is 2. The minimum absolute atomic E-state index is 0.0578. The monoisotopic (exact) mass is 356 g/mol. The van der Waals surface area contributed by atoms with Crippen LogP contribution in [-0.2, 0) is 9.53 Å². The van der Waals surface area contributed by atoms with Crippen molar-refractivity contribution >= 4 is 17.6 Å². The summed E-state index contributed by atoms with van der Waals surface area (Å²) >= 11 is 0. The summed E-state index contributed by atoms with van der Waals surface area (Å²) in [6.45, 7) is 2.04. The molecule has 3 N–H and O–H groups in total. The van der Waals surface area contributed by atoms with E-state index >= 15 is 0 Å². The third-order valence-corrected chi connectivity index (χ3v) is 4.66. The first-order chi connectivity index (χ1) is 12.6. The number of aromatic nitrogens is 2. The van der Waals surface area contributed by atoms with Gasteiger partial charge in [-0.1, -0.05) is 18.6 Å². The molecular weight excluding hydrogens is 332 g/mol. The third-order valence-electron chi connectivity index (χ3n) is 4.66. The van der Waals surface area contributed by atoms with Crippen molar-refractivity contribution in [1.82, 2.24) is 9.78 Å². The molecule has 0 spiro atoms. The summed E-state index contributed by atoms with van der Waals surface area (Å²) in [5.74, 6) is -0.289. The van der Waals surface area contributed by atoms with Crippen LogP contribution < -0.4 is 11.1 Å². The van der Waals surface area contributed by atoms with E-state index in [0.29, 0.717) is 24.4 Å². The standard InChI is InChI=1S/C19H24N4O3/c1-2-26-19(25)16-10-11-23(22-16)17-9-4-3-8-15(17)21-18(24)12-13-6-5-7-14(13)20/h3-4,8-11,13-14H,2,5-7,12,20H2,1H3,(H,21,24)/t13-,14+/m0/s1. The Hall–Kier alpha value is -2.67. The molecule has 2 atom stereocenters. The average Bonchev–Trinajstić information content (AvgIpc) is 3.25. The molecule has 0 aliphatic heterocycles. The lowest BCUT2D eigenvalue weighted by Crippen LogP contribution is -2.28. The van der Waals surface area contributed by atoms with Gasteiger partial charge in [0.15, 0.2) is 5.69 Å². The quantitative estimate of drug-likeness (QED) is 0.775. The summed E-state index contributed by atoms with van der Waals surface area (Å²) in [6.07, 6.45) is 5.16. The molecule has 138 valence electrons. The van der Waals surface area contributed by atoms with Crippen LogP contribution in [0, 0.1) is 5.92 Å². The fraction of sp³-hybridized carbons (Fsp3) is 0.421. The molecule has 26 heavy (non-hydrogen) atoms. The highest BCUT2D eigenvalue weighted by atomic mass is 16.5. The second kappa shape index (κ2) is 8.14. The minimum Gasteiger partial charge on any atom is -0.461 e. The number of hydrogen-bond donors (Lipinski definition) is 2. The number of nitrogens with two attached hydrogens (primary N) is 1. The van der Waals surface area contributed by atoms with Crippen molar-refractivity contribution in [3.8, 4) is 5.69 Å². The smallest absolute Gasteiger partial charge is 0.358 e. The van der Waals surface area contributed by atoms with Gasteiger partial charge in [-0.05, 0) is 43.9 Å². The maximum absolute atomic E-state index is 12.4. The molecule has 0 unspecified atom stereocenters. The third kappa shape index (κ3) is 4.11. The van der Waals surface area contributed by atoms with Gasteiger partial charge in [0.05, 0.1) is 18.0 Å². The maximum Gasteiger partial charge on any atom is 0.358 e. The van der Waals surface area contributed by atoms with Crippen LogP contribution in [-0.4, -0.2) is 34.3 Å². The van der Waals surface area contributed by atoms with E-state index in [0.717, 1.165) is 19.3 Å². The van der Waals surface area contributed by atoms with Crippen LogP contribution in [0.4, 0.5) is 5.69 Å². The Bertz CT molecular complexity index is 787. The van der Waals surface area contributed by atoms with Crippen LogP contribution in [0.1, 0.15) is 43.1 Å². The van der Waals surface area contributed by atoms with Crippen molar-refractivity contribution in [3.63, 3.8) is 0 Å². The molecule has 1 aliphatic rings. The molecule has 1 aliphatic carbocycles. The summed E-state index contributed by atoms with van der Waals surface area (Å²) < 4.78 is 6.52. The van der Waals surface area contributed by atoms with Gasteiger partial charge in [0.2, 0.25) is 5.91 Å². The number of benzene rings is 1. The molecule has 1 amide bonds. The summed E-state index contributed by atoms with van der Waals surface area (Å²) in [4.78, 5) is 24.2. The fourth-order valence-electron chi connectivity index (χ4n) is 3.31. The second-order valence-corrected chi connectivity index (χ2v) is 6.49. The number of amides is 1. The molecule has 1 aromatic heterocycles. The lowest BCUT2D eigenvalue weighted by molar-refractivity contribution is -0.117. The number of esters is 1. The molecule has 1 fully saturated rings. The second-order valence-electron chi connectivity index (χ2n) is 6.49. The number of ether oxygens (including phenoxy) is 1. The number of rotatable bonds is 6. The summed E-state index contributed by atoms with van der Waals surface area (Å²) in [5, 5.41) is 7.20. The van der Waals surface area contributed by atoms with Crippen molar-refractivity contribution in [2.45, 2.75) is 38.6 Å². The van der Waals surface area contributed by atoms with E-state index in [1.165, 1.54) is 0 Å². The van der Waals surface area contributed by atoms with Gasteiger partial charge in [0.1, 0.15) is 0 Å². The lowest BCUT2D eigenvalue weighted by atomic mass is 10.00. The SMILES string of the molecule is CCOC(=O)c1ccn(-c2ccccc2NC(=O)C[C@@H]2CCC[C@H]2N)n1. The fourth-order valence-corrected chi connectivity index (χ4v) is 3.31. The van der Waals surface area contributed by atoms with Gasteiger partial charge in [0.25, 0.3) is 0 Å².